The van der Waals surface area contributed by atoms with E-state index in [0.717, 1.165) is 6.07 Å². The molecule has 34 heavy (non-hydrogen) atoms. The van der Waals surface area contributed by atoms with Crippen LogP contribution in [0.4, 0.5) is 11.4 Å². The quantitative estimate of drug-likeness (QED) is 0.255. The molecule has 0 radical (unpaired) electrons. The lowest BCUT2D eigenvalue weighted by Gasteiger charge is -2.08. The summed E-state index contributed by atoms with van der Waals surface area (Å²) in [6.07, 6.45) is 0. The highest BCUT2D eigenvalue weighted by molar-refractivity contribution is 7.92. The minimum absolute atomic E-state index is 0.0319. The van der Waals surface area contributed by atoms with E-state index in [1.165, 1.54) is 28.4 Å². The average molecular weight is 505 g/mol. The van der Waals surface area contributed by atoms with Gasteiger partial charge in [-0.25, -0.2) is 13.1 Å². The number of hydrogen-bond donors (Lipinski definition) is 3. The van der Waals surface area contributed by atoms with Gasteiger partial charge in [-0.05, 0) is 44.2 Å². The van der Waals surface area contributed by atoms with Crippen LogP contribution in [0.1, 0.15) is 12.6 Å². The number of benzene rings is 2. The highest BCUT2D eigenvalue weighted by Crippen LogP contribution is 2.30. The Morgan fingerprint density at radius 3 is 2.41 bits per heavy atom. The molecule has 11 nitrogen and oxygen atoms in total. The van der Waals surface area contributed by atoms with Gasteiger partial charge in [0.1, 0.15) is 17.1 Å². The van der Waals surface area contributed by atoms with E-state index in [1.807, 2.05) is 0 Å². The Hall–Kier alpha value is -3.90. The average Bonchev–Trinajstić information content (AvgIpc) is 2.98. The van der Waals surface area contributed by atoms with Crippen LogP contribution in [0.2, 0.25) is 5.02 Å². The fourth-order valence-electron chi connectivity index (χ4n) is 3.02. The highest BCUT2D eigenvalue weighted by Gasteiger charge is 2.23. The molecular weight excluding hydrogens is 484 g/mol. The van der Waals surface area contributed by atoms with E-state index in [1.54, 1.807) is 44.3 Å². The summed E-state index contributed by atoms with van der Waals surface area (Å²) in [5.41, 5.74) is 4.79. The van der Waals surface area contributed by atoms with Crippen LogP contribution < -0.4 is 16.0 Å². The van der Waals surface area contributed by atoms with Crippen LogP contribution in [0, 0.1) is 6.92 Å². The SMILES string of the molecule is C/C(O)=C(\N=Nc1cc(S(=O)(=O)Nc2c(C)n(C)n(-c3ccccc3)c2=O)ccc1Cl)C(N)=O. The van der Waals surface area contributed by atoms with Crippen molar-refractivity contribution < 1.29 is 18.3 Å². The van der Waals surface area contributed by atoms with Crippen molar-refractivity contribution in [3.05, 3.63) is 81.1 Å². The molecule has 1 heterocycles. The predicted molar refractivity (Wildman–Crippen MR) is 127 cm³/mol. The first-order valence-corrected chi connectivity index (χ1v) is 11.6. The Kier molecular flexibility index (Phi) is 6.93. The van der Waals surface area contributed by atoms with Crippen LogP contribution >= 0.6 is 11.6 Å². The van der Waals surface area contributed by atoms with Crippen molar-refractivity contribution in [2.75, 3.05) is 4.72 Å². The van der Waals surface area contributed by atoms with Crippen molar-refractivity contribution in [2.24, 2.45) is 23.0 Å². The number of nitrogens with zero attached hydrogens (tertiary/aromatic N) is 4. The Morgan fingerprint density at radius 2 is 1.82 bits per heavy atom. The molecule has 3 rings (SSSR count). The lowest BCUT2D eigenvalue weighted by Crippen LogP contribution is -2.23. The van der Waals surface area contributed by atoms with Gasteiger partial charge in [0, 0.05) is 7.05 Å². The smallest absolute Gasteiger partial charge is 0.296 e. The number of aliphatic hydroxyl groups excluding tert-OH is 1. The molecule has 0 unspecified atom stereocenters. The molecule has 0 saturated carbocycles. The van der Waals surface area contributed by atoms with Gasteiger partial charge in [0.25, 0.3) is 21.5 Å². The fourth-order valence-corrected chi connectivity index (χ4v) is 4.31. The molecular formula is C21H21ClN6O5S. The molecule has 0 bridgehead atoms. The van der Waals surface area contributed by atoms with Crippen molar-refractivity contribution in [3.8, 4) is 5.69 Å². The molecule has 0 aliphatic heterocycles. The van der Waals surface area contributed by atoms with Gasteiger partial charge in [-0.2, -0.15) is 0 Å². The molecule has 0 aliphatic rings. The van der Waals surface area contributed by atoms with Crippen LogP contribution in [0.25, 0.3) is 5.69 Å². The number of carbonyl (C=O) groups is 1. The normalized spacial score (nSPS) is 12.6. The van der Waals surface area contributed by atoms with Gasteiger partial charge in [0.05, 0.1) is 21.3 Å². The third kappa shape index (κ3) is 4.87. The number of amides is 1. The van der Waals surface area contributed by atoms with Crippen molar-refractivity contribution in [2.45, 2.75) is 18.7 Å². The van der Waals surface area contributed by atoms with Crippen LogP contribution in [0.3, 0.4) is 0 Å². The van der Waals surface area contributed by atoms with Gasteiger partial charge in [0.15, 0.2) is 5.70 Å². The number of nitrogens with one attached hydrogen (secondary N) is 1. The lowest BCUT2D eigenvalue weighted by molar-refractivity contribution is -0.114. The summed E-state index contributed by atoms with van der Waals surface area (Å²) in [5, 5.41) is 16.8. The number of carbonyl (C=O) groups excluding carboxylic acids is 1. The van der Waals surface area contributed by atoms with E-state index < -0.39 is 32.9 Å². The monoisotopic (exact) mass is 504 g/mol. The first-order valence-electron chi connectivity index (χ1n) is 9.72. The number of aromatic nitrogens is 2. The number of aliphatic hydroxyl groups is 1. The van der Waals surface area contributed by atoms with Crippen LogP contribution in [-0.4, -0.2) is 28.8 Å². The van der Waals surface area contributed by atoms with Gasteiger partial charge < -0.3 is 10.8 Å². The number of azo groups is 1. The number of nitrogens with two attached hydrogens (primary N) is 1. The van der Waals surface area contributed by atoms with E-state index in [-0.39, 0.29) is 21.3 Å². The Labute approximate surface area is 199 Å². The van der Waals surface area contributed by atoms with E-state index in [4.69, 9.17) is 17.3 Å². The maximum Gasteiger partial charge on any atom is 0.296 e. The van der Waals surface area contributed by atoms with Crippen LogP contribution in [-0.2, 0) is 21.9 Å². The summed E-state index contributed by atoms with van der Waals surface area (Å²) >= 11 is 6.07. The number of primary amides is 1. The molecule has 4 N–H and O–H groups in total. The fraction of sp³-hybridized carbons (Fsp3) is 0.143. The van der Waals surface area contributed by atoms with Crippen molar-refractivity contribution in [3.63, 3.8) is 0 Å². The largest absolute Gasteiger partial charge is 0.510 e. The molecule has 178 valence electrons. The number of anilines is 1. The number of rotatable bonds is 7. The molecule has 0 fully saturated rings. The first-order chi connectivity index (χ1) is 15.9. The molecule has 0 spiro atoms. The number of halogens is 1. The maximum atomic E-state index is 13.1. The number of allylic oxidation sites excluding steroid dienone is 1. The Bertz CT molecular complexity index is 1490. The molecule has 0 saturated heterocycles. The molecule has 1 aromatic heterocycles. The van der Waals surface area contributed by atoms with E-state index in [0.29, 0.717) is 11.4 Å². The summed E-state index contributed by atoms with van der Waals surface area (Å²) < 4.78 is 31.3. The van der Waals surface area contributed by atoms with Crippen LogP contribution in [0.15, 0.2) is 79.9 Å². The second kappa shape index (κ2) is 9.53. The van der Waals surface area contributed by atoms with Crippen LogP contribution in [0.5, 0.6) is 0 Å². The number of sulfonamides is 1. The zero-order valence-electron chi connectivity index (χ0n) is 18.4. The van der Waals surface area contributed by atoms with E-state index >= 15 is 0 Å². The third-order valence-electron chi connectivity index (χ3n) is 4.85. The minimum Gasteiger partial charge on any atom is -0.510 e. The maximum absolute atomic E-state index is 13.1. The minimum atomic E-state index is -4.24. The summed E-state index contributed by atoms with van der Waals surface area (Å²) in [5.74, 6) is -1.49. The summed E-state index contributed by atoms with van der Waals surface area (Å²) in [6, 6.07) is 12.4. The number of hydrogen-bond acceptors (Lipinski definition) is 7. The highest BCUT2D eigenvalue weighted by atomic mass is 35.5. The molecule has 2 aromatic carbocycles. The molecule has 13 heteroatoms. The molecule has 0 atom stereocenters. The van der Waals surface area contributed by atoms with Gasteiger partial charge in [0.2, 0.25) is 0 Å². The predicted octanol–water partition coefficient (Wildman–Crippen LogP) is 3.30. The summed E-state index contributed by atoms with van der Waals surface area (Å²) in [7, 11) is -2.61. The van der Waals surface area contributed by atoms with Crippen molar-refractivity contribution >= 4 is 38.9 Å². The van der Waals surface area contributed by atoms with Crippen molar-refractivity contribution in [1.82, 2.24) is 9.36 Å². The van der Waals surface area contributed by atoms with Gasteiger partial charge in [-0.3, -0.25) is 19.0 Å². The summed E-state index contributed by atoms with van der Waals surface area (Å²) in [6.45, 7) is 2.80. The van der Waals surface area contributed by atoms with Gasteiger partial charge in [-0.1, -0.05) is 29.8 Å². The second-order valence-electron chi connectivity index (χ2n) is 7.15. The van der Waals surface area contributed by atoms with Crippen molar-refractivity contribution in [1.29, 1.82) is 0 Å². The second-order valence-corrected chi connectivity index (χ2v) is 9.24. The molecule has 0 aliphatic carbocycles. The Balaban J connectivity index is 2.02. The zero-order valence-corrected chi connectivity index (χ0v) is 19.9. The third-order valence-corrected chi connectivity index (χ3v) is 6.52. The standard InChI is InChI=1S/C21H21ClN6O5S/c1-12-18(21(31)28(27(12)3)14-7-5-4-6-8-14)26-34(32,33)15-9-10-16(22)17(11-15)24-25-19(13(2)29)20(23)30/h4-11,26,29H,1-3H3,(H2,23,30)/b19-13+,25-24?. The topological polar surface area (TPSA) is 161 Å². The molecule has 3 aromatic rings. The first kappa shape index (κ1) is 24.7. The number of para-hydroxylation sites is 1. The lowest BCUT2D eigenvalue weighted by atomic mass is 10.3. The Morgan fingerprint density at radius 1 is 1.18 bits per heavy atom. The van der Waals surface area contributed by atoms with E-state index in [2.05, 4.69) is 15.0 Å². The van der Waals surface area contributed by atoms with E-state index in [9.17, 15) is 23.1 Å². The zero-order chi connectivity index (χ0) is 25.2. The molecule has 1 amide bonds. The summed E-state index contributed by atoms with van der Waals surface area (Å²) in [4.78, 5) is 24.1. The van der Waals surface area contributed by atoms with Gasteiger partial charge >= 0.3 is 0 Å². The van der Waals surface area contributed by atoms with Gasteiger partial charge in [-0.15, -0.1) is 10.2 Å².